The number of anilines is 2. The Kier molecular flexibility index (Phi) is 4.82. The van der Waals surface area contributed by atoms with Gasteiger partial charge in [-0.2, -0.15) is 0 Å². The Bertz CT molecular complexity index is 1590. The van der Waals surface area contributed by atoms with Crippen LogP contribution in [0.5, 0.6) is 0 Å². The summed E-state index contributed by atoms with van der Waals surface area (Å²) in [5.74, 6) is 0.932. The summed E-state index contributed by atoms with van der Waals surface area (Å²) < 4.78 is 2.23. The number of hydrogen-bond acceptors (Lipinski definition) is 2. The van der Waals surface area contributed by atoms with Gasteiger partial charge >= 0.3 is 0 Å². The molecule has 0 unspecified atom stereocenters. The topological polar surface area (TPSA) is 29.9 Å². The van der Waals surface area contributed by atoms with E-state index in [0.29, 0.717) is 5.02 Å². The van der Waals surface area contributed by atoms with Crippen molar-refractivity contribution >= 4 is 44.8 Å². The van der Waals surface area contributed by atoms with Gasteiger partial charge in [0.05, 0.1) is 21.7 Å². The average Bonchev–Trinajstić information content (AvgIpc) is 3.23. The fraction of sp³-hybridized carbons (Fsp3) is 0. The van der Waals surface area contributed by atoms with Crippen LogP contribution in [0.2, 0.25) is 5.02 Å². The van der Waals surface area contributed by atoms with Gasteiger partial charge in [-0.25, -0.2) is 4.98 Å². The van der Waals surface area contributed by atoms with Gasteiger partial charge in [0.25, 0.3) is 0 Å². The van der Waals surface area contributed by atoms with Crippen molar-refractivity contribution in [2.75, 3.05) is 5.32 Å². The molecule has 6 aromatic rings. The summed E-state index contributed by atoms with van der Waals surface area (Å²) in [6.07, 6.45) is 0. The zero-order chi connectivity index (χ0) is 22.2. The van der Waals surface area contributed by atoms with Crippen LogP contribution in [0.4, 0.5) is 11.4 Å². The standard InChI is InChI=1S/C29H20ClN3/c30-25-13-7-8-14-26(25)31-23-16-15-21-18-27-28(19-22(21)17-23)33(24-11-5-2-6-12-24)29(32-27)20-9-3-1-4-10-20/h1-19,31H. The minimum Gasteiger partial charge on any atom is -0.354 e. The molecule has 0 spiro atoms. The van der Waals surface area contributed by atoms with E-state index < -0.39 is 0 Å². The van der Waals surface area contributed by atoms with Crippen LogP contribution in [0.25, 0.3) is 38.9 Å². The predicted octanol–water partition coefficient (Wildman–Crippen LogP) is 8.24. The molecule has 0 bridgehead atoms. The van der Waals surface area contributed by atoms with E-state index in [2.05, 4.69) is 76.6 Å². The molecule has 158 valence electrons. The summed E-state index contributed by atoms with van der Waals surface area (Å²) >= 11 is 6.35. The number of halogens is 1. The van der Waals surface area contributed by atoms with E-state index in [9.17, 15) is 0 Å². The first-order valence-corrected chi connectivity index (χ1v) is 11.2. The first-order valence-electron chi connectivity index (χ1n) is 10.8. The molecule has 0 saturated carbocycles. The highest BCUT2D eigenvalue weighted by atomic mass is 35.5. The third-order valence-corrected chi connectivity index (χ3v) is 6.14. The molecule has 1 N–H and O–H groups in total. The molecule has 1 heterocycles. The third kappa shape index (κ3) is 3.63. The summed E-state index contributed by atoms with van der Waals surface area (Å²) in [5.41, 5.74) is 6.09. The van der Waals surface area contributed by atoms with Crippen LogP contribution in [0, 0.1) is 0 Å². The maximum absolute atomic E-state index is 6.35. The minimum absolute atomic E-state index is 0.697. The fourth-order valence-electron chi connectivity index (χ4n) is 4.24. The van der Waals surface area contributed by atoms with E-state index >= 15 is 0 Å². The summed E-state index contributed by atoms with van der Waals surface area (Å²) in [6, 6.07) is 39.2. The molecule has 0 aliphatic carbocycles. The van der Waals surface area contributed by atoms with Crippen LogP contribution in [0.1, 0.15) is 0 Å². The first kappa shape index (κ1) is 19.6. The van der Waals surface area contributed by atoms with Crippen molar-refractivity contribution in [1.82, 2.24) is 9.55 Å². The summed E-state index contributed by atoms with van der Waals surface area (Å²) in [4.78, 5) is 5.04. The first-order chi connectivity index (χ1) is 16.3. The van der Waals surface area contributed by atoms with E-state index in [0.717, 1.165) is 50.3 Å². The van der Waals surface area contributed by atoms with Crippen molar-refractivity contribution in [3.8, 4) is 17.1 Å². The number of fused-ring (bicyclic) bond motifs is 2. The lowest BCUT2D eigenvalue weighted by Gasteiger charge is -2.11. The highest BCUT2D eigenvalue weighted by molar-refractivity contribution is 6.33. The third-order valence-electron chi connectivity index (χ3n) is 5.81. The van der Waals surface area contributed by atoms with Crippen molar-refractivity contribution in [2.24, 2.45) is 0 Å². The monoisotopic (exact) mass is 445 g/mol. The van der Waals surface area contributed by atoms with Crippen molar-refractivity contribution in [3.63, 3.8) is 0 Å². The highest BCUT2D eigenvalue weighted by Gasteiger charge is 2.15. The molecule has 33 heavy (non-hydrogen) atoms. The summed E-state index contributed by atoms with van der Waals surface area (Å²) in [6.45, 7) is 0. The zero-order valence-corrected chi connectivity index (χ0v) is 18.5. The van der Waals surface area contributed by atoms with Crippen LogP contribution >= 0.6 is 11.6 Å². The second-order valence-electron chi connectivity index (χ2n) is 7.98. The molecule has 6 rings (SSSR count). The lowest BCUT2D eigenvalue weighted by atomic mass is 10.1. The van der Waals surface area contributed by atoms with Gasteiger partial charge in [0.1, 0.15) is 5.82 Å². The Morgan fingerprint density at radius 3 is 2.18 bits per heavy atom. The number of rotatable bonds is 4. The second-order valence-corrected chi connectivity index (χ2v) is 8.39. The van der Waals surface area contributed by atoms with E-state index in [1.54, 1.807) is 0 Å². The van der Waals surface area contributed by atoms with Crippen molar-refractivity contribution in [2.45, 2.75) is 0 Å². The van der Waals surface area contributed by atoms with Gasteiger partial charge in [-0.15, -0.1) is 0 Å². The Morgan fingerprint density at radius 2 is 1.39 bits per heavy atom. The zero-order valence-electron chi connectivity index (χ0n) is 17.7. The second kappa shape index (κ2) is 8.12. The van der Waals surface area contributed by atoms with Crippen molar-refractivity contribution in [1.29, 1.82) is 0 Å². The lowest BCUT2D eigenvalue weighted by Crippen LogP contribution is -1.97. The van der Waals surface area contributed by atoms with Crippen LogP contribution in [0.3, 0.4) is 0 Å². The molecule has 0 radical (unpaired) electrons. The molecule has 5 aromatic carbocycles. The fourth-order valence-corrected chi connectivity index (χ4v) is 4.42. The molecule has 0 atom stereocenters. The molecule has 0 saturated heterocycles. The normalized spacial score (nSPS) is 11.2. The van der Waals surface area contributed by atoms with Crippen molar-refractivity contribution < 1.29 is 0 Å². The summed E-state index contributed by atoms with van der Waals surface area (Å²) in [7, 11) is 0. The van der Waals surface area contributed by atoms with E-state index in [-0.39, 0.29) is 0 Å². The Hall–Kier alpha value is -4.08. The molecule has 3 nitrogen and oxygen atoms in total. The molecule has 4 heteroatoms. The van der Waals surface area contributed by atoms with E-state index in [1.165, 1.54) is 0 Å². The maximum atomic E-state index is 6.35. The number of hydrogen-bond donors (Lipinski definition) is 1. The van der Waals surface area contributed by atoms with Gasteiger partial charge in [-0.1, -0.05) is 78.3 Å². The Labute approximate surface area is 196 Å². The molecular formula is C29H20ClN3. The van der Waals surface area contributed by atoms with Crippen LogP contribution in [-0.2, 0) is 0 Å². The van der Waals surface area contributed by atoms with Crippen LogP contribution in [-0.4, -0.2) is 9.55 Å². The van der Waals surface area contributed by atoms with Crippen molar-refractivity contribution in [3.05, 3.63) is 120 Å². The molecule has 1 aromatic heterocycles. The molecule has 0 aliphatic rings. The highest BCUT2D eigenvalue weighted by Crippen LogP contribution is 2.33. The summed E-state index contributed by atoms with van der Waals surface area (Å²) in [5, 5.41) is 6.41. The predicted molar refractivity (Wildman–Crippen MR) is 139 cm³/mol. The van der Waals surface area contributed by atoms with Gasteiger partial charge in [0.2, 0.25) is 0 Å². The van der Waals surface area contributed by atoms with E-state index in [4.69, 9.17) is 16.6 Å². The molecule has 0 aliphatic heterocycles. The minimum atomic E-state index is 0.697. The van der Waals surface area contributed by atoms with Gasteiger partial charge in [0, 0.05) is 16.9 Å². The molecule has 0 fully saturated rings. The molecular weight excluding hydrogens is 426 g/mol. The molecule has 0 amide bonds. The van der Waals surface area contributed by atoms with Gasteiger partial charge < -0.3 is 5.32 Å². The maximum Gasteiger partial charge on any atom is 0.145 e. The Morgan fingerprint density at radius 1 is 0.667 bits per heavy atom. The SMILES string of the molecule is Clc1ccccc1Nc1ccc2cc3nc(-c4ccccc4)n(-c4ccccc4)c3cc2c1. The number of para-hydroxylation sites is 2. The number of nitrogens with zero attached hydrogens (tertiary/aromatic N) is 2. The van der Waals surface area contributed by atoms with Crippen LogP contribution in [0.15, 0.2) is 115 Å². The number of nitrogens with one attached hydrogen (secondary N) is 1. The van der Waals surface area contributed by atoms with Gasteiger partial charge in [-0.3, -0.25) is 4.57 Å². The van der Waals surface area contributed by atoms with Gasteiger partial charge in [0.15, 0.2) is 0 Å². The van der Waals surface area contributed by atoms with E-state index in [1.807, 2.05) is 48.5 Å². The Balaban J connectivity index is 1.55. The average molecular weight is 446 g/mol. The quantitative estimate of drug-likeness (QED) is 0.296. The number of aromatic nitrogens is 2. The van der Waals surface area contributed by atoms with Gasteiger partial charge in [-0.05, 0) is 59.3 Å². The largest absolute Gasteiger partial charge is 0.354 e. The van der Waals surface area contributed by atoms with Crippen LogP contribution < -0.4 is 5.32 Å². The number of imidazole rings is 1. The smallest absolute Gasteiger partial charge is 0.145 e. The lowest BCUT2D eigenvalue weighted by molar-refractivity contribution is 1.10. The number of benzene rings is 5.